The number of anilines is 1. The van der Waals surface area contributed by atoms with E-state index in [-0.39, 0.29) is 11.7 Å². The molecule has 0 fully saturated rings. The minimum atomic E-state index is -0.171. The van der Waals surface area contributed by atoms with Crippen molar-refractivity contribution in [2.45, 2.75) is 18.6 Å². The summed E-state index contributed by atoms with van der Waals surface area (Å²) in [4.78, 5) is 12.4. The summed E-state index contributed by atoms with van der Waals surface area (Å²) in [5.74, 6) is 1.89. The minimum Gasteiger partial charge on any atom is -0.497 e. The van der Waals surface area contributed by atoms with Gasteiger partial charge in [-0.3, -0.25) is 4.79 Å². The largest absolute Gasteiger partial charge is 0.497 e. The molecule has 2 aromatic carbocycles. The van der Waals surface area contributed by atoms with Crippen molar-refractivity contribution in [2.24, 2.45) is 0 Å². The van der Waals surface area contributed by atoms with Crippen molar-refractivity contribution in [3.63, 3.8) is 0 Å². The second-order valence-corrected chi connectivity index (χ2v) is 7.32. The van der Waals surface area contributed by atoms with Gasteiger partial charge in [-0.05, 0) is 19.1 Å². The zero-order valence-corrected chi connectivity index (χ0v) is 17.9. The fourth-order valence-corrected chi connectivity index (χ4v) is 3.75. The summed E-state index contributed by atoms with van der Waals surface area (Å²) in [5.41, 5.74) is 1.41. The topological polar surface area (TPSA) is 78.3 Å². The van der Waals surface area contributed by atoms with Gasteiger partial charge >= 0.3 is 0 Å². The maximum absolute atomic E-state index is 12.4. The van der Waals surface area contributed by atoms with Crippen LogP contribution in [0.5, 0.6) is 11.5 Å². The molecule has 3 rings (SSSR count). The van der Waals surface area contributed by atoms with E-state index < -0.39 is 0 Å². The number of benzene rings is 2. The number of methoxy groups -OCH3 is 2. The number of rotatable bonds is 8. The molecule has 0 aliphatic rings. The SMILES string of the molecule is CCn1c(SCC(=O)Nc2cc(OC)cc(OC)c2)nnc1-c1ccccc1Cl. The number of amides is 1. The van der Waals surface area contributed by atoms with Gasteiger partial charge in [0, 0.05) is 36.0 Å². The van der Waals surface area contributed by atoms with Gasteiger partial charge in [0.25, 0.3) is 0 Å². The average Bonchev–Trinajstić information content (AvgIpc) is 3.14. The summed E-state index contributed by atoms with van der Waals surface area (Å²) in [5, 5.41) is 12.6. The van der Waals surface area contributed by atoms with Crippen molar-refractivity contribution in [3.05, 3.63) is 47.5 Å². The standard InChI is InChI=1S/C20H21ClN4O3S/c1-4-25-19(16-7-5-6-8-17(16)21)23-24-20(25)29-12-18(26)22-13-9-14(27-2)11-15(10-13)28-3/h5-11H,4,12H2,1-3H3,(H,22,26). The first kappa shape index (κ1) is 21.0. The van der Waals surface area contributed by atoms with Crippen LogP contribution in [0.25, 0.3) is 11.4 Å². The van der Waals surface area contributed by atoms with E-state index in [9.17, 15) is 4.79 Å². The monoisotopic (exact) mass is 432 g/mol. The van der Waals surface area contributed by atoms with Crippen LogP contribution >= 0.6 is 23.4 Å². The Balaban J connectivity index is 1.70. The quantitative estimate of drug-likeness (QED) is 0.532. The molecule has 0 radical (unpaired) electrons. The highest BCUT2D eigenvalue weighted by molar-refractivity contribution is 7.99. The Bertz CT molecular complexity index is 987. The number of hydrogen-bond donors (Lipinski definition) is 1. The van der Waals surface area contributed by atoms with Gasteiger partial charge in [0.05, 0.1) is 25.0 Å². The lowest BCUT2D eigenvalue weighted by atomic mass is 10.2. The van der Waals surface area contributed by atoms with Crippen molar-refractivity contribution in [1.29, 1.82) is 0 Å². The van der Waals surface area contributed by atoms with E-state index in [1.807, 2.05) is 35.8 Å². The van der Waals surface area contributed by atoms with E-state index in [1.54, 1.807) is 32.4 Å². The molecule has 152 valence electrons. The molecule has 7 nitrogen and oxygen atoms in total. The van der Waals surface area contributed by atoms with Gasteiger partial charge in [-0.25, -0.2) is 0 Å². The van der Waals surface area contributed by atoms with Gasteiger partial charge in [0.15, 0.2) is 11.0 Å². The number of aromatic nitrogens is 3. The lowest BCUT2D eigenvalue weighted by molar-refractivity contribution is -0.113. The first-order valence-corrected chi connectivity index (χ1v) is 10.3. The maximum Gasteiger partial charge on any atom is 0.234 e. The molecule has 0 saturated carbocycles. The zero-order valence-electron chi connectivity index (χ0n) is 16.3. The van der Waals surface area contributed by atoms with Crippen LogP contribution in [0.1, 0.15) is 6.92 Å². The molecule has 1 amide bonds. The predicted molar refractivity (Wildman–Crippen MR) is 115 cm³/mol. The minimum absolute atomic E-state index is 0.171. The molecule has 0 unspecified atom stereocenters. The van der Waals surface area contributed by atoms with Crippen LogP contribution in [0.4, 0.5) is 5.69 Å². The lowest BCUT2D eigenvalue weighted by Crippen LogP contribution is -2.14. The van der Waals surface area contributed by atoms with Gasteiger partial charge < -0.3 is 19.4 Å². The summed E-state index contributed by atoms with van der Waals surface area (Å²) in [7, 11) is 3.12. The smallest absolute Gasteiger partial charge is 0.234 e. The summed E-state index contributed by atoms with van der Waals surface area (Å²) in [6, 6.07) is 12.7. The molecule has 9 heteroatoms. The Hall–Kier alpha value is -2.71. The van der Waals surface area contributed by atoms with Crippen LogP contribution in [0.2, 0.25) is 5.02 Å². The summed E-state index contributed by atoms with van der Waals surface area (Å²) < 4.78 is 12.4. The van der Waals surface area contributed by atoms with Crippen molar-refractivity contribution in [3.8, 4) is 22.9 Å². The van der Waals surface area contributed by atoms with E-state index in [0.29, 0.717) is 39.7 Å². The van der Waals surface area contributed by atoms with E-state index in [4.69, 9.17) is 21.1 Å². The Morgan fingerprint density at radius 1 is 1.14 bits per heavy atom. The molecule has 0 spiro atoms. The molecule has 0 atom stereocenters. The number of carbonyl (C=O) groups excluding carboxylic acids is 1. The number of hydrogen-bond acceptors (Lipinski definition) is 6. The molecule has 1 aromatic heterocycles. The van der Waals surface area contributed by atoms with Crippen LogP contribution in [-0.4, -0.2) is 40.6 Å². The van der Waals surface area contributed by atoms with Crippen molar-refractivity contribution < 1.29 is 14.3 Å². The van der Waals surface area contributed by atoms with E-state index in [0.717, 1.165) is 5.56 Å². The average molecular weight is 433 g/mol. The fraction of sp³-hybridized carbons (Fsp3) is 0.250. The third-order valence-corrected chi connectivity index (χ3v) is 5.41. The molecule has 0 aliphatic carbocycles. The Morgan fingerprint density at radius 3 is 2.45 bits per heavy atom. The van der Waals surface area contributed by atoms with Crippen molar-refractivity contribution >= 4 is 35.0 Å². The molecule has 1 heterocycles. The summed E-state index contributed by atoms with van der Waals surface area (Å²) >= 11 is 7.60. The highest BCUT2D eigenvalue weighted by Crippen LogP contribution is 2.29. The number of halogens is 1. The van der Waals surface area contributed by atoms with Gasteiger partial charge in [0.1, 0.15) is 11.5 Å². The summed E-state index contributed by atoms with van der Waals surface area (Å²) in [6.07, 6.45) is 0. The molecule has 1 N–H and O–H groups in total. The molecule has 0 aliphatic heterocycles. The van der Waals surface area contributed by atoms with E-state index >= 15 is 0 Å². The van der Waals surface area contributed by atoms with Crippen molar-refractivity contribution in [1.82, 2.24) is 14.8 Å². The molecular weight excluding hydrogens is 412 g/mol. The number of nitrogens with one attached hydrogen (secondary N) is 1. The van der Waals surface area contributed by atoms with Crippen LogP contribution in [0.3, 0.4) is 0 Å². The Kier molecular flexibility index (Phi) is 7.00. The normalized spacial score (nSPS) is 10.6. The van der Waals surface area contributed by atoms with Crippen LogP contribution < -0.4 is 14.8 Å². The van der Waals surface area contributed by atoms with Crippen LogP contribution in [0, 0.1) is 0 Å². The van der Waals surface area contributed by atoms with E-state index in [2.05, 4.69) is 15.5 Å². The molecule has 0 bridgehead atoms. The number of ether oxygens (including phenoxy) is 2. The van der Waals surface area contributed by atoms with Crippen LogP contribution in [0.15, 0.2) is 47.6 Å². The molecule has 0 saturated heterocycles. The molecule has 29 heavy (non-hydrogen) atoms. The highest BCUT2D eigenvalue weighted by atomic mass is 35.5. The fourth-order valence-electron chi connectivity index (χ4n) is 2.73. The Morgan fingerprint density at radius 2 is 1.83 bits per heavy atom. The number of thioether (sulfide) groups is 1. The second kappa shape index (κ2) is 9.67. The van der Waals surface area contributed by atoms with Gasteiger partial charge in [0.2, 0.25) is 5.91 Å². The third kappa shape index (κ3) is 5.02. The zero-order chi connectivity index (χ0) is 20.8. The summed E-state index contributed by atoms with van der Waals surface area (Å²) in [6.45, 7) is 2.65. The molecular formula is C20H21ClN4O3S. The van der Waals surface area contributed by atoms with E-state index in [1.165, 1.54) is 11.8 Å². The number of carbonyl (C=O) groups is 1. The van der Waals surface area contributed by atoms with Gasteiger partial charge in [-0.2, -0.15) is 0 Å². The second-order valence-electron chi connectivity index (χ2n) is 5.97. The number of nitrogens with zero attached hydrogens (tertiary/aromatic N) is 3. The van der Waals surface area contributed by atoms with Crippen LogP contribution in [-0.2, 0) is 11.3 Å². The van der Waals surface area contributed by atoms with Gasteiger partial charge in [-0.15, -0.1) is 10.2 Å². The predicted octanol–water partition coefficient (Wildman–Crippen LogP) is 4.37. The third-order valence-electron chi connectivity index (χ3n) is 4.12. The highest BCUT2D eigenvalue weighted by Gasteiger charge is 2.16. The lowest BCUT2D eigenvalue weighted by Gasteiger charge is -2.10. The maximum atomic E-state index is 12.4. The first-order valence-electron chi connectivity index (χ1n) is 8.89. The first-order chi connectivity index (χ1) is 14.0. The Labute approximate surface area is 178 Å². The van der Waals surface area contributed by atoms with Crippen molar-refractivity contribution in [2.75, 3.05) is 25.3 Å². The van der Waals surface area contributed by atoms with Gasteiger partial charge in [-0.1, -0.05) is 35.5 Å². The molecule has 3 aromatic rings.